The first-order valence-corrected chi connectivity index (χ1v) is 8.70. The highest BCUT2D eigenvalue weighted by Gasteiger charge is 2.09. The Labute approximate surface area is 149 Å². The molecule has 0 aliphatic carbocycles. The predicted molar refractivity (Wildman–Crippen MR) is 95.4 cm³/mol. The number of hydrogen-bond donors (Lipinski definition) is 1. The number of carbonyl (C=O) groups excluding carboxylic acids is 1. The molecular weight excluding hydrogens is 339 g/mol. The molecule has 0 radical (unpaired) electrons. The van der Waals surface area contributed by atoms with Crippen molar-refractivity contribution in [2.24, 2.45) is 7.05 Å². The van der Waals surface area contributed by atoms with Gasteiger partial charge in [-0.15, -0.1) is 11.8 Å². The zero-order chi connectivity index (χ0) is 17.6. The fourth-order valence-electron chi connectivity index (χ4n) is 2.29. The van der Waals surface area contributed by atoms with Gasteiger partial charge in [0.2, 0.25) is 5.91 Å². The summed E-state index contributed by atoms with van der Waals surface area (Å²) in [5.41, 5.74) is 2.50. The summed E-state index contributed by atoms with van der Waals surface area (Å²) in [6.07, 6.45) is 1.73. The summed E-state index contributed by atoms with van der Waals surface area (Å²) in [5.74, 6) is -0.113. The summed E-state index contributed by atoms with van der Waals surface area (Å²) in [6, 6.07) is 13.7. The lowest BCUT2D eigenvalue weighted by Crippen LogP contribution is -2.24. The van der Waals surface area contributed by atoms with Crippen LogP contribution in [0.25, 0.3) is 11.4 Å². The third-order valence-corrected chi connectivity index (χ3v) is 4.52. The molecule has 0 unspecified atom stereocenters. The molecule has 7 heteroatoms. The quantitative estimate of drug-likeness (QED) is 0.690. The number of pyridine rings is 1. The zero-order valence-electron chi connectivity index (χ0n) is 13.6. The fourth-order valence-corrected chi connectivity index (χ4v) is 3.02. The molecule has 3 rings (SSSR count). The van der Waals surface area contributed by atoms with Gasteiger partial charge < -0.3 is 5.32 Å². The standard InChI is InChI=1S/C18H17FN4OS/c1-23-17(16-4-2-3-9-20-16)10-14(22-23)11-21-18(24)12-25-15-7-5-13(19)6-8-15/h2-10H,11-12H2,1H3,(H,21,24). The molecule has 0 atom stereocenters. The number of nitrogens with zero attached hydrogens (tertiary/aromatic N) is 3. The lowest BCUT2D eigenvalue weighted by Gasteiger charge is -2.03. The highest BCUT2D eigenvalue weighted by Crippen LogP contribution is 2.18. The van der Waals surface area contributed by atoms with Crippen molar-refractivity contribution in [2.45, 2.75) is 11.4 Å². The van der Waals surface area contributed by atoms with Crippen molar-refractivity contribution < 1.29 is 9.18 Å². The number of halogens is 1. The summed E-state index contributed by atoms with van der Waals surface area (Å²) in [6.45, 7) is 0.351. The number of benzene rings is 1. The van der Waals surface area contributed by atoms with E-state index in [9.17, 15) is 9.18 Å². The van der Waals surface area contributed by atoms with Gasteiger partial charge in [0.1, 0.15) is 5.82 Å². The van der Waals surface area contributed by atoms with Gasteiger partial charge in [0, 0.05) is 18.1 Å². The van der Waals surface area contributed by atoms with Crippen LogP contribution in [-0.4, -0.2) is 26.4 Å². The Morgan fingerprint density at radius 1 is 1.24 bits per heavy atom. The van der Waals surface area contributed by atoms with Crippen molar-refractivity contribution in [3.8, 4) is 11.4 Å². The molecule has 2 aromatic heterocycles. The first-order valence-electron chi connectivity index (χ1n) is 7.71. The molecule has 3 aromatic rings. The van der Waals surface area contributed by atoms with Gasteiger partial charge in [0.05, 0.1) is 29.4 Å². The maximum Gasteiger partial charge on any atom is 0.230 e. The van der Waals surface area contributed by atoms with Crippen LogP contribution in [-0.2, 0) is 18.4 Å². The molecule has 0 aliphatic rings. The SMILES string of the molecule is Cn1nc(CNC(=O)CSc2ccc(F)cc2)cc1-c1ccccn1. The van der Waals surface area contributed by atoms with Crippen LogP contribution in [0, 0.1) is 5.82 Å². The summed E-state index contributed by atoms with van der Waals surface area (Å²) < 4.78 is 14.6. The molecule has 128 valence electrons. The Kier molecular flexibility index (Phi) is 5.45. The Morgan fingerprint density at radius 3 is 2.76 bits per heavy atom. The molecule has 0 saturated heterocycles. The summed E-state index contributed by atoms with van der Waals surface area (Å²) in [4.78, 5) is 17.1. The minimum Gasteiger partial charge on any atom is -0.350 e. The zero-order valence-corrected chi connectivity index (χ0v) is 14.5. The van der Waals surface area contributed by atoms with Crippen LogP contribution in [0.2, 0.25) is 0 Å². The number of aromatic nitrogens is 3. The van der Waals surface area contributed by atoms with Crippen molar-refractivity contribution in [2.75, 3.05) is 5.75 Å². The van der Waals surface area contributed by atoms with Crippen LogP contribution in [0.3, 0.4) is 0 Å². The summed E-state index contributed by atoms with van der Waals surface area (Å²) in [5, 5.41) is 7.24. The number of amides is 1. The Bertz CT molecular complexity index is 849. The smallest absolute Gasteiger partial charge is 0.230 e. The largest absolute Gasteiger partial charge is 0.350 e. The van der Waals surface area contributed by atoms with Crippen LogP contribution >= 0.6 is 11.8 Å². The number of carbonyl (C=O) groups is 1. The van der Waals surface area contributed by atoms with E-state index in [0.717, 1.165) is 22.0 Å². The second-order valence-corrected chi connectivity index (χ2v) is 6.43. The Morgan fingerprint density at radius 2 is 2.04 bits per heavy atom. The monoisotopic (exact) mass is 356 g/mol. The van der Waals surface area contributed by atoms with Gasteiger partial charge in [-0.2, -0.15) is 5.10 Å². The van der Waals surface area contributed by atoms with E-state index < -0.39 is 0 Å². The van der Waals surface area contributed by atoms with Gasteiger partial charge in [0.15, 0.2) is 0 Å². The minimum atomic E-state index is -0.285. The molecule has 0 aliphatic heterocycles. The average Bonchev–Trinajstić information content (AvgIpc) is 3.01. The number of nitrogens with one attached hydrogen (secondary N) is 1. The second kappa shape index (κ2) is 7.94. The highest BCUT2D eigenvalue weighted by atomic mass is 32.2. The molecule has 0 spiro atoms. The maximum absolute atomic E-state index is 12.8. The molecule has 0 fully saturated rings. The van der Waals surface area contributed by atoms with Crippen molar-refractivity contribution in [3.63, 3.8) is 0 Å². The van der Waals surface area contributed by atoms with E-state index >= 15 is 0 Å². The molecule has 25 heavy (non-hydrogen) atoms. The van der Waals surface area contributed by atoms with Gasteiger partial charge in [-0.3, -0.25) is 14.5 Å². The first kappa shape index (κ1) is 17.2. The first-order chi connectivity index (χ1) is 12.1. The lowest BCUT2D eigenvalue weighted by molar-refractivity contribution is -0.118. The summed E-state index contributed by atoms with van der Waals surface area (Å²) in [7, 11) is 1.85. The van der Waals surface area contributed by atoms with E-state index in [1.54, 1.807) is 23.0 Å². The average molecular weight is 356 g/mol. The van der Waals surface area contributed by atoms with E-state index in [-0.39, 0.29) is 17.5 Å². The van der Waals surface area contributed by atoms with E-state index in [4.69, 9.17) is 0 Å². The maximum atomic E-state index is 12.8. The molecule has 2 heterocycles. The van der Waals surface area contributed by atoms with Crippen molar-refractivity contribution >= 4 is 17.7 Å². The Hall–Kier alpha value is -2.67. The van der Waals surface area contributed by atoms with Crippen molar-refractivity contribution in [1.82, 2.24) is 20.1 Å². The van der Waals surface area contributed by atoms with Gasteiger partial charge in [-0.25, -0.2) is 4.39 Å². The summed E-state index contributed by atoms with van der Waals surface area (Å²) >= 11 is 1.36. The van der Waals surface area contributed by atoms with Gasteiger partial charge in [0.25, 0.3) is 0 Å². The number of thioether (sulfide) groups is 1. The number of rotatable bonds is 6. The molecule has 5 nitrogen and oxygen atoms in total. The van der Waals surface area contributed by atoms with E-state index in [2.05, 4.69) is 15.4 Å². The van der Waals surface area contributed by atoms with Crippen LogP contribution in [0.4, 0.5) is 4.39 Å². The lowest BCUT2D eigenvalue weighted by atomic mass is 10.2. The molecule has 1 N–H and O–H groups in total. The molecule has 0 bridgehead atoms. The van der Waals surface area contributed by atoms with Gasteiger partial charge in [-0.1, -0.05) is 6.07 Å². The number of hydrogen-bond acceptors (Lipinski definition) is 4. The fraction of sp³-hybridized carbons (Fsp3) is 0.167. The molecule has 0 saturated carbocycles. The molecular formula is C18H17FN4OS. The van der Waals surface area contributed by atoms with Crippen LogP contribution in [0.1, 0.15) is 5.69 Å². The van der Waals surface area contributed by atoms with E-state index in [0.29, 0.717) is 6.54 Å². The van der Waals surface area contributed by atoms with Crippen LogP contribution < -0.4 is 5.32 Å². The Balaban J connectivity index is 1.53. The number of aryl methyl sites for hydroxylation is 1. The second-order valence-electron chi connectivity index (χ2n) is 5.38. The van der Waals surface area contributed by atoms with Crippen molar-refractivity contribution in [3.05, 3.63) is 66.2 Å². The third kappa shape index (κ3) is 4.67. The predicted octanol–water partition coefficient (Wildman–Crippen LogP) is 3.03. The molecule has 1 amide bonds. The van der Waals surface area contributed by atoms with Crippen LogP contribution in [0.15, 0.2) is 59.6 Å². The third-order valence-electron chi connectivity index (χ3n) is 3.51. The normalized spacial score (nSPS) is 10.6. The van der Waals surface area contributed by atoms with Crippen LogP contribution in [0.5, 0.6) is 0 Å². The van der Waals surface area contributed by atoms with E-state index in [1.165, 1.54) is 23.9 Å². The molecule has 1 aromatic carbocycles. The highest BCUT2D eigenvalue weighted by molar-refractivity contribution is 8.00. The topological polar surface area (TPSA) is 59.8 Å². The van der Waals surface area contributed by atoms with Gasteiger partial charge in [-0.05, 0) is 42.5 Å². The van der Waals surface area contributed by atoms with E-state index in [1.807, 2.05) is 31.3 Å². The van der Waals surface area contributed by atoms with Gasteiger partial charge >= 0.3 is 0 Å². The minimum absolute atomic E-state index is 0.0978. The van der Waals surface area contributed by atoms with Crippen molar-refractivity contribution in [1.29, 1.82) is 0 Å².